The quantitative estimate of drug-likeness (QED) is 0.816. The lowest BCUT2D eigenvalue weighted by molar-refractivity contribution is -0.116. The standard InChI is InChI=1S/C20H31N3OS/c1-16-14-18(15-23-10-12-25-13-11-23)2-4-19(16)22-20(24)5-3-17-6-8-21-9-7-17/h2,4,14,17,21H,3,5-13,15H2,1H3,(H,22,24). The Morgan fingerprint density at radius 3 is 2.76 bits per heavy atom. The first-order valence-corrected chi connectivity index (χ1v) is 10.8. The lowest BCUT2D eigenvalue weighted by Gasteiger charge is -2.26. The maximum atomic E-state index is 12.3. The Kier molecular flexibility index (Phi) is 7.20. The van der Waals surface area contributed by atoms with E-state index in [0.29, 0.717) is 12.3 Å². The lowest BCUT2D eigenvalue weighted by Crippen LogP contribution is -2.31. The molecule has 0 bridgehead atoms. The predicted molar refractivity (Wildman–Crippen MR) is 107 cm³/mol. The number of aryl methyl sites for hydroxylation is 1. The van der Waals surface area contributed by atoms with E-state index in [0.717, 1.165) is 31.7 Å². The highest BCUT2D eigenvalue weighted by molar-refractivity contribution is 7.99. The second-order valence-corrected chi connectivity index (χ2v) is 8.54. The fraction of sp³-hybridized carbons (Fsp3) is 0.650. The largest absolute Gasteiger partial charge is 0.326 e. The van der Waals surface area contributed by atoms with Gasteiger partial charge in [0.05, 0.1) is 0 Å². The molecule has 1 aromatic rings. The number of anilines is 1. The van der Waals surface area contributed by atoms with Crippen molar-refractivity contribution in [3.8, 4) is 0 Å². The van der Waals surface area contributed by atoms with Crippen LogP contribution in [0.2, 0.25) is 0 Å². The van der Waals surface area contributed by atoms with Gasteiger partial charge in [-0.15, -0.1) is 0 Å². The molecule has 2 aliphatic heterocycles. The molecule has 2 heterocycles. The molecule has 0 saturated carbocycles. The van der Waals surface area contributed by atoms with Gasteiger partial charge in [0, 0.05) is 43.2 Å². The smallest absolute Gasteiger partial charge is 0.224 e. The summed E-state index contributed by atoms with van der Waals surface area (Å²) in [7, 11) is 0. The predicted octanol–water partition coefficient (Wildman–Crippen LogP) is 3.26. The summed E-state index contributed by atoms with van der Waals surface area (Å²) < 4.78 is 0. The molecule has 25 heavy (non-hydrogen) atoms. The molecule has 0 unspecified atom stereocenters. The number of rotatable bonds is 6. The number of amides is 1. The summed E-state index contributed by atoms with van der Waals surface area (Å²) in [5, 5.41) is 6.49. The SMILES string of the molecule is Cc1cc(CN2CCSCC2)ccc1NC(=O)CCC1CCNCC1. The van der Waals surface area contributed by atoms with Crippen molar-refractivity contribution >= 4 is 23.4 Å². The Morgan fingerprint density at radius 2 is 2.04 bits per heavy atom. The molecule has 1 amide bonds. The topological polar surface area (TPSA) is 44.4 Å². The summed E-state index contributed by atoms with van der Waals surface area (Å²) >= 11 is 2.04. The van der Waals surface area contributed by atoms with Gasteiger partial charge < -0.3 is 10.6 Å². The molecule has 138 valence electrons. The van der Waals surface area contributed by atoms with Crippen molar-refractivity contribution in [3.05, 3.63) is 29.3 Å². The minimum Gasteiger partial charge on any atom is -0.326 e. The van der Waals surface area contributed by atoms with E-state index in [1.165, 1.54) is 48.6 Å². The number of piperidine rings is 1. The van der Waals surface area contributed by atoms with Crippen molar-refractivity contribution in [2.75, 3.05) is 43.0 Å². The zero-order valence-corrected chi connectivity index (χ0v) is 16.2. The molecule has 1 aromatic carbocycles. The van der Waals surface area contributed by atoms with Crippen LogP contribution in [0.5, 0.6) is 0 Å². The van der Waals surface area contributed by atoms with Gasteiger partial charge in [0.15, 0.2) is 0 Å². The first kappa shape index (κ1) is 18.7. The van der Waals surface area contributed by atoms with E-state index in [4.69, 9.17) is 0 Å². The second kappa shape index (κ2) is 9.60. The lowest BCUT2D eigenvalue weighted by atomic mass is 9.93. The summed E-state index contributed by atoms with van der Waals surface area (Å²) in [6, 6.07) is 6.47. The molecule has 0 spiro atoms. The molecule has 2 saturated heterocycles. The Labute approximate surface area is 156 Å². The van der Waals surface area contributed by atoms with E-state index >= 15 is 0 Å². The minimum absolute atomic E-state index is 0.155. The Balaban J connectivity index is 1.47. The molecule has 0 aromatic heterocycles. The monoisotopic (exact) mass is 361 g/mol. The molecule has 0 aliphatic carbocycles. The molecule has 4 nitrogen and oxygen atoms in total. The maximum Gasteiger partial charge on any atom is 0.224 e. The van der Waals surface area contributed by atoms with Gasteiger partial charge in [0.25, 0.3) is 0 Å². The molecular weight excluding hydrogens is 330 g/mol. The average Bonchev–Trinajstić information content (AvgIpc) is 2.64. The van der Waals surface area contributed by atoms with E-state index in [2.05, 4.69) is 40.7 Å². The van der Waals surface area contributed by atoms with Crippen molar-refractivity contribution in [2.45, 2.75) is 39.2 Å². The number of carbonyl (C=O) groups excluding carboxylic acids is 1. The molecule has 2 fully saturated rings. The van der Waals surface area contributed by atoms with Gasteiger partial charge >= 0.3 is 0 Å². The Bertz CT molecular complexity index is 566. The van der Waals surface area contributed by atoms with Crippen LogP contribution in [-0.2, 0) is 11.3 Å². The van der Waals surface area contributed by atoms with Crippen LogP contribution in [0.15, 0.2) is 18.2 Å². The number of nitrogens with zero attached hydrogens (tertiary/aromatic N) is 1. The second-order valence-electron chi connectivity index (χ2n) is 7.32. The summed E-state index contributed by atoms with van der Waals surface area (Å²) in [5.41, 5.74) is 3.48. The van der Waals surface area contributed by atoms with Gasteiger partial charge in [0.2, 0.25) is 5.91 Å². The fourth-order valence-electron chi connectivity index (χ4n) is 3.70. The van der Waals surface area contributed by atoms with Crippen LogP contribution in [0.4, 0.5) is 5.69 Å². The fourth-order valence-corrected chi connectivity index (χ4v) is 4.68. The molecule has 3 rings (SSSR count). The van der Waals surface area contributed by atoms with E-state index in [-0.39, 0.29) is 5.91 Å². The molecular formula is C20H31N3OS. The normalized spacial score (nSPS) is 19.7. The van der Waals surface area contributed by atoms with Crippen molar-refractivity contribution in [2.24, 2.45) is 5.92 Å². The molecule has 0 atom stereocenters. The van der Waals surface area contributed by atoms with Crippen molar-refractivity contribution in [3.63, 3.8) is 0 Å². The summed E-state index contributed by atoms with van der Waals surface area (Å²) in [6.45, 7) is 7.67. The molecule has 0 radical (unpaired) electrons. The number of carbonyl (C=O) groups is 1. The van der Waals surface area contributed by atoms with Crippen LogP contribution in [0.3, 0.4) is 0 Å². The molecule has 5 heteroatoms. The van der Waals surface area contributed by atoms with Crippen molar-refractivity contribution < 1.29 is 4.79 Å². The van der Waals surface area contributed by atoms with Gasteiger partial charge in [0.1, 0.15) is 0 Å². The van der Waals surface area contributed by atoms with Gasteiger partial charge in [-0.1, -0.05) is 12.1 Å². The third-order valence-corrected chi connectivity index (χ3v) is 6.26. The first-order valence-electron chi connectivity index (χ1n) is 9.61. The minimum atomic E-state index is 0.155. The zero-order chi connectivity index (χ0) is 17.5. The van der Waals surface area contributed by atoms with Gasteiger partial charge in [-0.05, 0) is 62.4 Å². The van der Waals surface area contributed by atoms with Crippen LogP contribution in [0.25, 0.3) is 0 Å². The third-order valence-electron chi connectivity index (χ3n) is 5.31. The highest BCUT2D eigenvalue weighted by Crippen LogP contribution is 2.21. The van der Waals surface area contributed by atoms with Crippen molar-refractivity contribution in [1.82, 2.24) is 10.2 Å². The van der Waals surface area contributed by atoms with Gasteiger partial charge in [-0.25, -0.2) is 0 Å². The highest BCUT2D eigenvalue weighted by Gasteiger charge is 2.15. The van der Waals surface area contributed by atoms with Crippen LogP contribution >= 0.6 is 11.8 Å². The number of hydrogen-bond acceptors (Lipinski definition) is 4. The van der Waals surface area contributed by atoms with Crippen LogP contribution < -0.4 is 10.6 Å². The zero-order valence-electron chi connectivity index (χ0n) is 15.4. The van der Waals surface area contributed by atoms with Crippen LogP contribution in [-0.4, -0.2) is 48.5 Å². The molecule has 2 N–H and O–H groups in total. The van der Waals surface area contributed by atoms with Gasteiger partial charge in [-0.2, -0.15) is 11.8 Å². The average molecular weight is 362 g/mol. The molecule has 2 aliphatic rings. The third kappa shape index (κ3) is 6.01. The first-order chi connectivity index (χ1) is 12.2. The number of hydrogen-bond donors (Lipinski definition) is 2. The summed E-state index contributed by atoms with van der Waals surface area (Å²) in [5.74, 6) is 3.34. The number of thioether (sulfide) groups is 1. The van der Waals surface area contributed by atoms with Crippen LogP contribution in [0.1, 0.15) is 36.8 Å². The number of nitrogens with one attached hydrogen (secondary N) is 2. The van der Waals surface area contributed by atoms with E-state index in [1.54, 1.807) is 0 Å². The van der Waals surface area contributed by atoms with E-state index < -0.39 is 0 Å². The van der Waals surface area contributed by atoms with Gasteiger partial charge in [-0.3, -0.25) is 9.69 Å². The van der Waals surface area contributed by atoms with E-state index in [9.17, 15) is 4.79 Å². The maximum absolute atomic E-state index is 12.3. The Hall–Kier alpha value is -1.04. The highest BCUT2D eigenvalue weighted by atomic mass is 32.2. The number of benzene rings is 1. The van der Waals surface area contributed by atoms with Crippen molar-refractivity contribution in [1.29, 1.82) is 0 Å². The van der Waals surface area contributed by atoms with Crippen LogP contribution in [0, 0.1) is 12.8 Å². The van der Waals surface area contributed by atoms with E-state index in [1.807, 2.05) is 11.8 Å². The Morgan fingerprint density at radius 1 is 1.28 bits per heavy atom. The summed E-state index contributed by atoms with van der Waals surface area (Å²) in [6.07, 6.45) is 4.06. The summed E-state index contributed by atoms with van der Waals surface area (Å²) in [4.78, 5) is 14.8.